The molecule has 1 N–H and O–H groups in total. The fourth-order valence-electron chi connectivity index (χ4n) is 3.24. The van der Waals surface area contributed by atoms with Crippen LogP contribution in [0.1, 0.15) is 51.9 Å². The Labute approximate surface area is 105 Å². The first-order valence-corrected chi connectivity index (χ1v) is 7.33. The summed E-state index contributed by atoms with van der Waals surface area (Å²) < 4.78 is 0. The summed E-state index contributed by atoms with van der Waals surface area (Å²) in [6, 6.07) is 0.529. The van der Waals surface area contributed by atoms with Crippen LogP contribution in [0.3, 0.4) is 0 Å². The van der Waals surface area contributed by atoms with Gasteiger partial charge in [-0.25, -0.2) is 0 Å². The molecule has 3 nitrogen and oxygen atoms in total. The number of likely N-dealkylation sites (tertiary alicyclic amines) is 1. The number of nitrogens with one attached hydrogen (secondary N) is 1. The zero-order chi connectivity index (χ0) is 12.1. The van der Waals surface area contributed by atoms with Crippen LogP contribution in [-0.4, -0.2) is 36.5 Å². The van der Waals surface area contributed by atoms with Crippen LogP contribution in [0.25, 0.3) is 0 Å². The fourth-order valence-corrected chi connectivity index (χ4v) is 3.24. The molecule has 0 aromatic heterocycles. The van der Waals surface area contributed by atoms with Crippen molar-refractivity contribution >= 4 is 5.91 Å². The molecule has 1 aliphatic carbocycles. The van der Waals surface area contributed by atoms with Gasteiger partial charge in [0.2, 0.25) is 5.91 Å². The van der Waals surface area contributed by atoms with Gasteiger partial charge in [0.25, 0.3) is 0 Å². The predicted octanol–water partition coefficient (Wildman–Crippen LogP) is 2.17. The van der Waals surface area contributed by atoms with Crippen molar-refractivity contribution in [3.05, 3.63) is 0 Å². The van der Waals surface area contributed by atoms with Crippen LogP contribution in [0.4, 0.5) is 0 Å². The van der Waals surface area contributed by atoms with E-state index in [1.807, 2.05) is 0 Å². The molecule has 1 aliphatic heterocycles. The largest absolute Gasteiger partial charge is 0.341 e. The molecule has 1 heterocycles. The van der Waals surface area contributed by atoms with E-state index in [1.165, 1.54) is 25.7 Å². The van der Waals surface area contributed by atoms with Crippen LogP contribution in [0.15, 0.2) is 0 Å². The normalized spacial score (nSPS) is 27.1. The molecular formula is C14H26N2O. The number of likely N-dealkylation sites (N-methyl/N-ethyl adjacent to an activating group) is 1. The van der Waals surface area contributed by atoms with Crippen LogP contribution < -0.4 is 5.32 Å². The number of rotatable bonds is 3. The highest BCUT2D eigenvalue weighted by molar-refractivity contribution is 5.79. The summed E-state index contributed by atoms with van der Waals surface area (Å²) in [5.74, 6) is 0.774. The molecule has 0 bridgehead atoms. The lowest BCUT2D eigenvalue weighted by atomic mass is 9.87. The average Bonchev–Trinajstić information content (AvgIpc) is 2.40. The Morgan fingerprint density at radius 3 is 2.65 bits per heavy atom. The molecule has 2 rings (SSSR count). The number of hydrogen-bond donors (Lipinski definition) is 1. The molecule has 1 unspecified atom stereocenters. The Morgan fingerprint density at radius 1 is 1.18 bits per heavy atom. The van der Waals surface area contributed by atoms with E-state index in [-0.39, 0.29) is 0 Å². The molecule has 1 atom stereocenters. The molecule has 3 heteroatoms. The molecule has 2 aliphatic rings. The second-order valence-corrected chi connectivity index (χ2v) is 5.52. The summed E-state index contributed by atoms with van der Waals surface area (Å²) in [6.07, 6.45) is 8.46. The Bertz CT molecular complexity index is 247. The lowest BCUT2D eigenvalue weighted by Gasteiger charge is -2.36. The highest BCUT2D eigenvalue weighted by Crippen LogP contribution is 2.26. The first kappa shape index (κ1) is 12.9. The van der Waals surface area contributed by atoms with Gasteiger partial charge in [-0.3, -0.25) is 4.79 Å². The molecular weight excluding hydrogens is 212 g/mol. The number of hydrogen-bond acceptors (Lipinski definition) is 2. The van der Waals surface area contributed by atoms with Crippen molar-refractivity contribution in [1.82, 2.24) is 10.2 Å². The molecule has 1 saturated heterocycles. The maximum absolute atomic E-state index is 12.4. The molecule has 17 heavy (non-hydrogen) atoms. The van der Waals surface area contributed by atoms with Crippen molar-refractivity contribution in [2.75, 3.05) is 19.6 Å². The van der Waals surface area contributed by atoms with E-state index < -0.39 is 0 Å². The lowest BCUT2D eigenvalue weighted by Crippen LogP contribution is -2.49. The van der Waals surface area contributed by atoms with Gasteiger partial charge >= 0.3 is 0 Å². The quantitative estimate of drug-likeness (QED) is 0.817. The van der Waals surface area contributed by atoms with Crippen LogP contribution in [0.2, 0.25) is 0 Å². The average molecular weight is 238 g/mol. The highest BCUT2D eigenvalue weighted by atomic mass is 16.2. The van der Waals surface area contributed by atoms with E-state index in [0.717, 1.165) is 38.9 Å². The summed E-state index contributed by atoms with van der Waals surface area (Å²) in [6.45, 7) is 5.07. The Balaban J connectivity index is 1.85. The van der Waals surface area contributed by atoms with E-state index in [4.69, 9.17) is 0 Å². The van der Waals surface area contributed by atoms with Gasteiger partial charge in [-0.15, -0.1) is 0 Å². The van der Waals surface area contributed by atoms with E-state index >= 15 is 0 Å². The zero-order valence-corrected chi connectivity index (χ0v) is 11.1. The second-order valence-electron chi connectivity index (χ2n) is 5.52. The van der Waals surface area contributed by atoms with E-state index in [1.54, 1.807) is 0 Å². The molecule has 98 valence electrons. The Morgan fingerprint density at radius 2 is 1.94 bits per heavy atom. The zero-order valence-electron chi connectivity index (χ0n) is 11.1. The van der Waals surface area contributed by atoms with Crippen molar-refractivity contribution in [3.8, 4) is 0 Å². The van der Waals surface area contributed by atoms with E-state index in [0.29, 0.717) is 17.9 Å². The minimum atomic E-state index is 0.337. The third-order valence-electron chi connectivity index (χ3n) is 4.18. The highest BCUT2D eigenvalue weighted by Gasteiger charge is 2.29. The van der Waals surface area contributed by atoms with E-state index in [2.05, 4.69) is 17.1 Å². The van der Waals surface area contributed by atoms with Gasteiger partial charge in [0.15, 0.2) is 0 Å². The van der Waals surface area contributed by atoms with Crippen molar-refractivity contribution in [3.63, 3.8) is 0 Å². The first-order valence-electron chi connectivity index (χ1n) is 7.33. The smallest absolute Gasteiger partial charge is 0.225 e. The van der Waals surface area contributed by atoms with Crippen LogP contribution in [0.5, 0.6) is 0 Å². The molecule has 0 radical (unpaired) electrons. The van der Waals surface area contributed by atoms with Gasteiger partial charge in [0.1, 0.15) is 0 Å². The van der Waals surface area contributed by atoms with Gasteiger partial charge in [-0.2, -0.15) is 0 Å². The van der Waals surface area contributed by atoms with Crippen molar-refractivity contribution < 1.29 is 4.79 Å². The van der Waals surface area contributed by atoms with Crippen molar-refractivity contribution in [2.45, 2.75) is 57.9 Å². The summed E-state index contributed by atoms with van der Waals surface area (Å²) in [5, 5.41) is 3.48. The minimum Gasteiger partial charge on any atom is -0.341 e. The van der Waals surface area contributed by atoms with Crippen LogP contribution in [0, 0.1) is 5.92 Å². The third kappa shape index (κ3) is 3.44. The predicted molar refractivity (Wildman–Crippen MR) is 69.9 cm³/mol. The number of carbonyl (C=O) groups excluding carboxylic acids is 1. The maximum atomic E-state index is 12.4. The number of nitrogens with zero attached hydrogens (tertiary/aromatic N) is 1. The Kier molecular flexibility index (Phi) is 4.84. The van der Waals surface area contributed by atoms with Gasteiger partial charge in [0.05, 0.1) is 0 Å². The van der Waals surface area contributed by atoms with Gasteiger partial charge in [0, 0.05) is 25.0 Å². The standard InChI is InChI=1S/C14H26N2O/c1-2-15-13-9-6-10-16(11-13)14(17)12-7-4-3-5-8-12/h12-13,15H,2-11H2,1H3. The lowest BCUT2D eigenvalue weighted by molar-refractivity contribution is -0.137. The number of amides is 1. The monoisotopic (exact) mass is 238 g/mol. The van der Waals surface area contributed by atoms with Crippen molar-refractivity contribution in [1.29, 1.82) is 0 Å². The molecule has 1 amide bonds. The van der Waals surface area contributed by atoms with Gasteiger partial charge < -0.3 is 10.2 Å². The van der Waals surface area contributed by atoms with Crippen LogP contribution in [-0.2, 0) is 4.79 Å². The number of piperidine rings is 1. The maximum Gasteiger partial charge on any atom is 0.225 e. The summed E-state index contributed by atoms with van der Waals surface area (Å²) >= 11 is 0. The van der Waals surface area contributed by atoms with Gasteiger partial charge in [-0.05, 0) is 32.2 Å². The summed E-state index contributed by atoms with van der Waals surface area (Å²) in [4.78, 5) is 14.5. The third-order valence-corrected chi connectivity index (χ3v) is 4.18. The first-order chi connectivity index (χ1) is 8.31. The fraction of sp³-hybridized carbons (Fsp3) is 0.929. The SMILES string of the molecule is CCNC1CCCN(C(=O)C2CCCCC2)C1. The topological polar surface area (TPSA) is 32.3 Å². The Hall–Kier alpha value is -0.570. The molecule has 1 saturated carbocycles. The molecule has 2 fully saturated rings. The number of carbonyl (C=O) groups is 1. The summed E-state index contributed by atoms with van der Waals surface area (Å²) in [7, 11) is 0. The second kappa shape index (κ2) is 6.39. The van der Waals surface area contributed by atoms with E-state index in [9.17, 15) is 4.79 Å². The summed E-state index contributed by atoms with van der Waals surface area (Å²) in [5.41, 5.74) is 0. The van der Waals surface area contributed by atoms with Gasteiger partial charge in [-0.1, -0.05) is 26.2 Å². The molecule has 0 spiro atoms. The van der Waals surface area contributed by atoms with Crippen molar-refractivity contribution in [2.24, 2.45) is 5.92 Å². The van der Waals surface area contributed by atoms with Crippen LogP contribution >= 0.6 is 0 Å². The molecule has 0 aromatic rings. The molecule has 0 aromatic carbocycles. The minimum absolute atomic E-state index is 0.337.